The van der Waals surface area contributed by atoms with E-state index >= 15 is 0 Å². The van der Waals surface area contributed by atoms with Gasteiger partial charge < -0.3 is 9.80 Å². The second-order valence-electron chi connectivity index (χ2n) is 7.23. The van der Waals surface area contributed by atoms with Crippen LogP contribution < -0.4 is 0 Å². The lowest BCUT2D eigenvalue weighted by molar-refractivity contribution is -0.146. The fourth-order valence-electron chi connectivity index (χ4n) is 3.71. The summed E-state index contributed by atoms with van der Waals surface area (Å²) in [6.45, 7) is 1.02. The van der Waals surface area contributed by atoms with Gasteiger partial charge in [-0.2, -0.15) is 5.10 Å². The van der Waals surface area contributed by atoms with Crippen molar-refractivity contribution in [3.63, 3.8) is 0 Å². The van der Waals surface area contributed by atoms with Crippen molar-refractivity contribution in [1.82, 2.24) is 19.6 Å². The Kier molecular flexibility index (Phi) is 5.85. The molecule has 0 bridgehead atoms. The fourth-order valence-corrected chi connectivity index (χ4v) is 3.83. The van der Waals surface area contributed by atoms with E-state index < -0.39 is 5.54 Å². The highest BCUT2D eigenvalue weighted by Gasteiger charge is 2.46. The van der Waals surface area contributed by atoms with E-state index in [1.54, 1.807) is 29.9 Å². The number of aryl methyl sites for hydroxylation is 1. The Morgan fingerprint density at radius 2 is 2.00 bits per heavy atom. The Morgan fingerprint density at radius 1 is 1.26 bits per heavy atom. The number of likely N-dealkylation sites (tertiary alicyclic amines) is 1. The maximum atomic E-state index is 13.0. The van der Waals surface area contributed by atoms with Gasteiger partial charge in [0.05, 0.1) is 6.54 Å². The van der Waals surface area contributed by atoms with E-state index in [1.165, 1.54) is 0 Å². The molecule has 0 N–H and O–H groups in total. The van der Waals surface area contributed by atoms with Crippen LogP contribution in [0.3, 0.4) is 0 Å². The number of hydrogen-bond acceptors (Lipinski definition) is 3. The van der Waals surface area contributed by atoms with E-state index in [-0.39, 0.29) is 11.8 Å². The molecule has 2 aromatic rings. The minimum atomic E-state index is -0.832. The number of hydrogen-bond donors (Lipinski definition) is 0. The van der Waals surface area contributed by atoms with Crippen LogP contribution in [-0.2, 0) is 21.5 Å². The average molecular weight is 389 g/mol. The monoisotopic (exact) mass is 388 g/mol. The minimum absolute atomic E-state index is 0.0265. The lowest BCUT2D eigenvalue weighted by Gasteiger charge is -2.43. The van der Waals surface area contributed by atoms with Gasteiger partial charge in [0.2, 0.25) is 5.91 Å². The number of amides is 2. The SMILES string of the molecule is CN(C)C(=O)C1(n2cccn2)CCCN(C(=O)CCc2ccc(Cl)cc2)C1. The van der Waals surface area contributed by atoms with Gasteiger partial charge in [-0.1, -0.05) is 23.7 Å². The molecule has 2 heterocycles. The standard InChI is InChI=1S/C20H25ClN4O2/c1-23(2)19(27)20(25-14-4-12-22-25)11-3-13-24(15-20)18(26)10-7-16-5-8-17(21)9-6-16/h4-6,8-9,12,14H,3,7,10-11,13,15H2,1-2H3. The smallest absolute Gasteiger partial charge is 0.251 e. The Hall–Kier alpha value is -2.34. The third-order valence-electron chi connectivity index (χ3n) is 5.11. The lowest BCUT2D eigenvalue weighted by atomic mass is 9.87. The third kappa shape index (κ3) is 4.16. The summed E-state index contributed by atoms with van der Waals surface area (Å²) in [6, 6.07) is 9.36. The maximum Gasteiger partial charge on any atom is 0.251 e. The number of carbonyl (C=O) groups excluding carboxylic acids is 2. The fraction of sp³-hybridized carbons (Fsp3) is 0.450. The summed E-state index contributed by atoms with van der Waals surface area (Å²) >= 11 is 5.91. The summed E-state index contributed by atoms with van der Waals surface area (Å²) in [5.41, 5.74) is 0.244. The van der Waals surface area contributed by atoms with Crippen molar-refractivity contribution in [1.29, 1.82) is 0 Å². The molecule has 1 atom stereocenters. The average Bonchev–Trinajstić information content (AvgIpc) is 3.22. The van der Waals surface area contributed by atoms with Gasteiger partial charge in [-0.25, -0.2) is 0 Å². The van der Waals surface area contributed by atoms with Gasteiger partial charge in [-0.05, 0) is 43.0 Å². The molecule has 2 amide bonds. The summed E-state index contributed by atoms with van der Waals surface area (Å²) in [6.07, 6.45) is 5.99. The van der Waals surface area contributed by atoms with E-state index in [1.807, 2.05) is 41.4 Å². The Labute approximate surface area is 164 Å². The van der Waals surface area contributed by atoms with Crippen LogP contribution in [0.2, 0.25) is 5.02 Å². The number of piperidine rings is 1. The highest BCUT2D eigenvalue weighted by atomic mass is 35.5. The molecule has 144 valence electrons. The van der Waals surface area contributed by atoms with E-state index in [2.05, 4.69) is 5.10 Å². The number of aromatic nitrogens is 2. The second-order valence-corrected chi connectivity index (χ2v) is 7.66. The number of halogens is 1. The first-order valence-corrected chi connectivity index (χ1v) is 9.54. The van der Waals surface area contributed by atoms with Crippen molar-refractivity contribution < 1.29 is 9.59 Å². The molecular formula is C20H25ClN4O2. The summed E-state index contributed by atoms with van der Waals surface area (Å²) in [4.78, 5) is 29.2. The van der Waals surface area contributed by atoms with Crippen LogP contribution >= 0.6 is 11.6 Å². The molecule has 7 heteroatoms. The molecule has 1 aromatic carbocycles. The molecular weight excluding hydrogens is 364 g/mol. The third-order valence-corrected chi connectivity index (χ3v) is 5.36. The van der Waals surface area contributed by atoms with Gasteiger partial charge >= 0.3 is 0 Å². The number of rotatable bonds is 5. The molecule has 1 aromatic heterocycles. The normalized spacial score (nSPS) is 19.7. The zero-order valence-corrected chi connectivity index (χ0v) is 16.5. The molecule has 0 aliphatic carbocycles. The Morgan fingerprint density at radius 3 is 2.63 bits per heavy atom. The Bertz CT molecular complexity index is 789. The predicted molar refractivity (Wildman–Crippen MR) is 104 cm³/mol. The zero-order valence-electron chi connectivity index (χ0n) is 15.8. The van der Waals surface area contributed by atoms with Crippen LogP contribution in [0.1, 0.15) is 24.8 Å². The first kappa shape index (κ1) is 19.4. The van der Waals surface area contributed by atoms with Gasteiger partial charge in [0.15, 0.2) is 5.54 Å². The van der Waals surface area contributed by atoms with E-state index in [0.717, 1.165) is 12.0 Å². The largest absolute Gasteiger partial charge is 0.347 e. The molecule has 1 fully saturated rings. The van der Waals surface area contributed by atoms with Crippen LogP contribution in [0.4, 0.5) is 0 Å². The molecule has 27 heavy (non-hydrogen) atoms. The molecule has 0 saturated carbocycles. The van der Waals surface area contributed by atoms with Gasteiger partial charge in [-0.15, -0.1) is 0 Å². The highest BCUT2D eigenvalue weighted by Crippen LogP contribution is 2.30. The van der Waals surface area contributed by atoms with Gasteiger partial charge in [0.25, 0.3) is 5.91 Å². The summed E-state index contributed by atoms with van der Waals surface area (Å²) in [5.74, 6) is 0.0362. The molecule has 0 spiro atoms. The molecule has 1 unspecified atom stereocenters. The summed E-state index contributed by atoms with van der Waals surface area (Å²) in [5, 5.41) is 5.02. The zero-order chi connectivity index (χ0) is 19.4. The number of likely N-dealkylation sites (N-methyl/N-ethyl adjacent to an activating group) is 1. The van der Waals surface area contributed by atoms with Crippen molar-refractivity contribution in [2.45, 2.75) is 31.2 Å². The van der Waals surface area contributed by atoms with Crippen LogP contribution in [0.5, 0.6) is 0 Å². The molecule has 6 nitrogen and oxygen atoms in total. The van der Waals surface area contributed by atoms with Crippen molar-refractivity contribution in [3.05, 3.63) is 53.3 Å². The number of benzene rings is 1. The molecule has 0 radical (unpaired) electrons. The first-order valence-electron chi connectivity index (χ1n) is 9.16. The predicted octanol–water partition coefficient (Wildman–Crippen LogP) is 2.58. The summed E-state index contributed by atoms with van der Waals surface area (Å²) < 4.78 is 1.72. The van der Waals surface area contributed by atoms with Crippen molar-refractivity contribution in [2.75, 3.05) is 27.2 Å². The first-order chi connectivity index (χ1) is 12.9. The van der Waals surface area contributed by atoms with Gasteiger partial charge in [0.1, 0.15) is 0 Å². The van der Waals surface area contributed by atoms with Gasteiger partial charge in [0, 0.05) is 44.5 Å². The van der Waals surface area contributed by atoms with Crippen molar-refractivity contribution in [2.24, 2.45) is 0 Å². The highest BCUT2D eigenvalue weighted by molar-refractivity contribution is 6.30. The molecule has 1 aliphatic rings. The van der Waals surface area contributed by atoms with Crippen LogP contribution in [0.25, 0.3) is 0 Å². The summed E-state index contributed by atoms with van der Waals surface area (Å²) in [7, 11) is 3.49. The number of nitrogens with zero attached hydrogens (tertiary/aromatic N) is 4. The molecule has 1 saturated heterocycles. The second kappa shape index (κ2) is 8.13. The van der Waals surface area contributed by atoms with Crippen LogP contribution in [0.15, 0.2) is 42.7 Å². The van der Waals surface area contributed by atoms with Crippen molar-refractivity contribution in [3.8, 4) is 0 Å². The van der Waals surface area contributed by atoms with Gasteiger partial charge in [-0.3, -0.25) is 14.3 Å². The van der Waals surface area contributed by atoms with E-state index in [9.17, 15) is 9.59 Å². The molecule has 1 aliphatic heterocycles. The minimum Gasteiger partial charge on any atom is -0.347 e. The Balaban J connectivity index is 1.73. The maximum absolute atomic E-state index is 13.0. The number of carbonyl (C=O) groups is 2. The quantitative estimate of drug-likeness (QED) is 0.791. The van der Waals surface area contributed by atoms with E-state index in [4.69, 9.17) is 11.6 Å². The van der Waals surface area contributed by atoms with Crippen LogP contribution in [0, 0.1) is 0 Å². The van der Waals surface area contributed by atoms with Crippen molar-refractivity contribution >= 4 is 23.4 Å². The van der Waals surface area contributed by atoms with Crippen LogP contribution in [-0.4, -0.2) is 58.6 Å². The lowest BCUT2D eigenvalue weighted by Crippen LogP contribution is -2.59. The topological polar surface area (TPSA) is 58.4 Å². The molecule has 3 rings (SSSR count). The van der Waals surface area contributed by atoms with E-state index in [0.29, 0.717) is 37.4 Å².